The topological polar surface area (TPSA) is 43.8 Å². The second kappa shape index (κ2) is 7.25. The van der Waals surface area contributed by atoms with Crippen LogP contribution in [-0.4, -0.2) is 53.1 Å². The molecule has 1 aliphatic heterocycles. The van der Waals surface area contributed by atoms with Gasteiger partial charge in [-0.25, -0.2) is 0 Å². The summed E-state index contributed by atoms with van der Waals surface area (Å²) in [5.41, 5.74) is 0.893. The summed E-state index contributed by atoms with van der Waals surface area (Å²) in [6.45, 7) is 3.83. The van der Waals surface area contributed by atoms with E-state index in [2.05, 4.69) is 9.80 Å². The van der Waals surface area contributed by atoms with Crippen molar-refractivity contribution in [3.05, 3.63) is 35.9 Å². The number of nitrogens with zero attached hydrogens (tertiary/aromatic N) is 2. The maximum atomic E-state index is 11.8. The number of rotatable bonds is 4. The Morgan fingerprint density at radius 1 is 1.00 bits per heavy atom. The maximum Gasteiger partial charge on any atom is 0.325 e. The highest BCUT2D eigenvalue weighted by Crippen LogP contribution is 2.27. The molecule has 22 heavy (non-hydrogen) atoms. The van der Waals surface area contributed by atoms with Gasteiger partial charge in [-0.1, -0.05) is 43.2 Å². The second-order valence-corrected chi connectivity index (χ2v) is 6.52. The third-order valence-electron chi connectivity index (χ3n) is 5.12. The normalized spacial score (nSPS) is 23.3. The molecule has 1 aromatic carbocycles. The molecule has 0 radical (unpaired) electrons. The van der Waals surface area contributed by atoms with Crippen LogP contribution in [0.5, 0.6) is 0 Å². The van der Waals surface area contributed by atoms with Gasteiger partial charge in [0.05, 0.1) is 0 Å². The molecule has 4 nitrogen and oxygen atoms in total. The zero-order valence-electron chi connectivity index (χ0n) is 13.2. The van der Waals surface area contributed by atoms with Gasteiger partial charge in [-0.15, -0.1) is 0 Å². The molecular weight excluding hydrogens is 276 g/mol. The Hall–Kier alpha value is -1.39. The minimum atomic E-state index is -0.736. The molecule has 1 aliphatic carbocycles. The maximum absolute atomic E-state index is 11.8. The summed E-state index contributed by atoms with van der Waals surface area (Å²) >= 11 is 0. The van der Waals surface area contributed by atoms with Crippen LogP contribution in [0, 0.1) is 0 Å². The van der Waals surface area contributed by atoms with Crippen molar-refractivity contribution in [2.24, 2.45) is 0 Å². The highest BCUT2D eigenvalue weighted by atomic mass is 16.4. The van der Waals surface area contributed by atoms with Crippen LogP contribution in [0.4, 0.5) is 0 Å². The molecule has 1 heterocycles. The van der Waals surface area contributed by atoms with E-state index in [0.717, 1.165) is 44.2 Å². The average Bonchev–Trinajstić information content (AvgIpc) is 2.95. The zero-order chi connectivity index (χ0) is 15.4. The summed E-state index contributed by atoms with van der Waals surface area (Å²) in [4.78, 5) is 16.5. The number of benzene rings is 1. The van der Waals surface area contributed by atoms with Gasteiger partial charge in [-0.05, 0) is 31.4 Å². The van der Waals surface area contributed by atoms with Crippen molar-refractivity contribution < 1.29 is 9.90 Å². The molecule has 1 saturated carbocycles. The van der Waals surface area contributed by atoms with Crippen molar-refractivity contribution in [1.82, 2.24) is 9.80 Å². The molecule has 1 N–H and O–H groups in total. The van der Waals surface area contributed by atoms with E-state index in [4.69, 9.17) is 0 Å². The summed E-state index contributed by atoms with van der Waals surface area (Å²) in [5, 5.41) is 9.69. The predicted molar refractivity (Wildman–Crippen MR) is 86.8 cm³/mol. The van der Waals surface area contributed by atoms with Gasteiger partial charge in [0.25, 0.3) is 0 Å². The number of carbonyl (C=O) groups is 1. The lowest BCUT2D eigenvalue weighted by atomic mass is 10.1. The lowest BCUT2D eigenvalue weighted by Gasteiger charge is -2.29. The van der Waals surface area contributed by atoms with E-state index in [1.165, 1.54) is 25.7 Å². The van der Waals surface area contributed by atoms with Crippen molar-refractivity contribution in [3.8, 4) is 0 Å². The quantitative estimate of drug-likeness (QED) is 0.929. The Morgan fingerprint density at radius 2 is 1.73 bits per heavy atom. The fourth-order valence-electron chi connectivity index (χ4n) is 4.00. The van der Waals surface area contributed by atoms with E-state index in [0.29, 0.717) is 0 Å². The van der Waals surface area contributed by atoms with Crippen molar-refractivity contribution in [2.45, 2.75) is 44.2 Å². The van der Waals surface area contributed by atoms with Crippen LogP contribution in [0.3, 0.4) is 0 Å². The smallest absolute Gasteiger partial charge is 0.325 e. The minimum Gasteiger partial charge on any atom is -0.480 e. The summed E-state index contributed by atoms with van der Waals surface area (Å²) in [6, 6.07) is 9.87. The number of hydrogen-bond acceptors (Lipinski definition) is 3. The van der Waals surface area contributed by atoms with Crippen LogP contribution in [0.25, 0.3) is 0 Å². The van der Waals surface area contributed by atoms with Crippen LogP contribution in [0.1, 0.15) is 43.7 Å². The summed E-state index contributed by atoms with van der Waals surface area (Å²) < 4.78 is 0. The van der Waals surface area contributed by atoms with Crippen LogP contribution < -0.4 is 0 Å². The van der Waals surface area contributed by atoms with Gasteiger partial charge in [0.2, 0.25) is 0 Å². The molecule has 0 bridgehead atoms. The molecular formula is C18H26N2O2. The second-order valence-electron chi connectivity index (χ2n) is 6.52. The van der Waals surface area contributed by atoms with Crippen molar-refractivity contribution >= 4 is 5.97 Å². The molecule has 0 aromatic heterocycles. The number of hydrogen-bond donors (Lipinski definition) is 1. The molecule has 1 atom stereocenters. The molecule has 1 aromatic rings. The molecule has 0 spiro atoms. The predicted octanol–water partition coefficient (Wildman–Crippen LogP) is 2.76. The van der Waals surface area contributed by atoms with E-state index in [1.807, 2.05) is 30.3 Å². The number of aliphatic carboxylic acids is 1. The van der Waals surface area contributed by atoms with Crippen LogP contribution in [0.15, 0.2) is 30.3 Å². The highest BCUT2D eigenvalue weighted by Gasteiger charge is 2.31. The average molecular weight is 302 g/mol. The molecule has 4 heteroatoms. The Bertz CT molecular complexity index is 485. The van der Waals surface area contributed by atoms with Gasteiger partial charge < -0.3 is 5.11 Å². The first kappa shape index (κ1) is 15.5. The van der Waals surface area contributed by atoms with Gasteiger partial charge in [-0.3, -0.25) is 14.6 Å². The Kier molecular flexibility index (Phi) is 5.11. The molecule has 2 aliphatic rings. The fraction of sp³-hybridized carbons (Fsp3) is 0.611. The van der Waals surface area contributed by atoms with Crippen LogP contribution in [0.2, 0.25) is 0 Å². The van der Waals surface area contributed by atoms with E-state index in [9.17, 15) is 9.90 Å². The van der Waals surface area contributed by atoms with E-state index < -0.39 is 12.0 Å². The molecule has 3 rings (SSSR count). The Balaban J connectivity index is 1.69. The largest absolute Gasteiger partial charge is 0.480 e. The van der Waals surface area contributed by atoms with Crippen LogP contribution in [-0.2, 0) is 4.79 Å². The zero-order valence-corrected chi connectivity index (χ0v) is 13.2. The first-order chi connectivity index (χ1) is 10.8. The van der Waals surface area contributed by atoms with Gasteiger partial charge in [0.15, 0.2) is 0 Å². The summed E-state index contributed by atoms with van der Waals surface area (Å²) in [5.74, 6) is -0.736. The molecule has 1 saturated heterocycles. The first-order valence-electron chi connectivity index (χ1n) is 8.51. The van der Waals surface area contributed by atoms with Gasteiger partial charge >= 0.3 is 5.97 Å². The SMILES string of the molecule is O=C(O)[C@@H](c1ccccc1)N1CCCN(C2CCCC2)CC1. The van der Waals surface area contributed by atoms with Crippen molar-refractivity contribution in [3.63, 3.8) is 0 Å². The van der Waals surface area contributed by atoms with E-state index in [1.54, 1.807) is 0 Å². The van der Waals surface area contributed by atoms with E-state index in [-0.39, 0.29) is 0 Å². The first-order valence-corrected chi connectivity index (χ1v) is 8.51. The van der Waals surface area contributed by atoms with Crippen LogP contribution >= 0.6 is 0 Å². The number of carboxylic acids is 1. The third kappa shape index (κ3) is 3.50. The minimum absolute atomic E-state index is 0.510. The molecule has 0 unspecified atom stereocenters. The highest BCUT2D eigenvalue weighted by molar-refractivity contribution is 5.75. The monoisotopic (exact) mass is 302 g/mol. The summed E-state index contributed by atoms with van der Waals surface area (Å²) in [6.07, 6.45) is 6.41. The van der Waals surface area contributed by atoms with Crippen molar-refractivity contribution in [1.29, 1.82) is 0 Å². The standard InChI is InChI=1S/C18H26N2O2/c21-18(22)17(15-7-2-1-3-8-15)20-12-6-11-19(13-14-20)16-9-4-5-10-16/h1-3,7-8,16-17H,4-6,9-14H2,(H,21,22)/t17-/m1/s1. The van der Waals surface area contributed by atoms with Crippen molar-refractivity contribution in [2.75, 3.05) is 26.2 Å². The Labute approximate surface area is 132 Å². The lowest BCUT2D eigenvalue weighted by molar-refractivity contribution is -0.143. The lowest BCUT2D eigenvalue weighted by Crippen LogP contribution is -2.39. The molecule has 2 fully saturated rings. The number of carboxylic acid groups (broad SMARTS) is 1. The molecule has 120 valence electrons. The van der Waals surface area contributed by atoms with Gasteiger partial charge in [0.1, 0.15) is 6.04 Å². The summed E-state index contributed by atoms with van der Waals surface area (Å²) in [7, 11) is 0. The van der Waals surface area contributed by atoms with E-state index >= 15 is 0 Å². The van der Waals surface area contributed by atoms with Gasteiger partial charge in [0, 0.05) is 25.7 Å². The fourth-order valence-corrected chi connectivity index (χ4v) is 4.00. The Morgan fingerprint density at radius 3 is 2.41 bits per heavy atom. The van der Waals surface area contributed by atoms with Gasteiger partial charge in [-0.2, -0.15) is 0 Å². The third-order valence-corrected chi connectivity index (χ3v) is 5.12. The molecule has 0 amide bonds.